The van der Waals surface area contributed by atoms with Crippen LogP contribution in [0, 0.1) is 5.92 Å². The molecule has 1 aromatic carbocycles. The Hall–Kier alpha value is -1.08. The number of hydrogen-bond donors (Lipinski definition) is 0. The number of benzene rings is 1. The molecule has 0 saturated carbocycles. The maximum Gasteiger partial charge on any atom is 0.166 e. The van der Waals surface area contributed by atoms with Gasteiger partial charge in [0.15, 0.2) is 5.78 Å². The Morgan fingerprint density at radius 3 is 3.00 bits per heavy atom. The molecule has 1 aliphatic rings. The molecular formula is C13H13ClO. The van der Waals surface area contributed by atoms with Gasteiger partial charge in [0.1, 0.15) is 0 Å². The third-order valence-corrected chi connectivity index (χ3v) is 3.22. The van der Waals surface area contributed by atoms with E-state index in [2.05, 4.69) is 0 Å². The van der Waals surface area contributed by atoms with Crippen molar-refractivity contribution in [3.05, 3.63) is 46.5 Å². The van der Waals surface area contributed by atoms with Crippen molar-refractivity contribution in [2.75, 3.05) is 0 Å². The summed E-state index contributed by atoms with van der Waals surface area (Å²) in [6, 6.07) is 5.57. The van der Waals surface area contributed by atoms with Crippen LogP contribution in [0.5, 0.6) is 0 Å². The minimum atomic E-state index is 0.0936. The van der Waals surface area contributed by atoms with Crippen molar-refractivity contribution in [2.24, 2.45) is 5.92 Å². The second kappa shape index (κ2) is 4.19. The fourth-order valence-corrected chi connectivity index (χ4v) is 2.30. The van der Waals surface area contributed by atoms with Crippen LogP contribution in [0.25, 0.3) is 0 Å². The molecule has 1 nitrogen and oxygen atoms in total. The molecule has 0 bridgehead atoms. The molecule has 0 saturated heterocycles. The zero-order valence-electron chi connectivity index (χ0n) is 8.66. The molecule has 0 amide bonds. The van der Waals surface area contributed by atoms with E-state index < -0.39 is 0 Å². The minimum absolute atomic E-state index is 0.0936. The Kier molecular flexibility index (Phi) is 2.92. The molecule has 1 aromatic rings. The van der Waals surface area contributed by atoms with Gasteiger partial charge < -0.3 is 0 Å². The first-order valence-corrected chi connectivity index (χ1v) is 5.54. The Balaban J connectivity index is 2.29. The normalized spacial score (nSPS) is 19.9. The highest BCUT2D eigenvalue weighted by atomic mass is 35.5. The maximum atomic E-state index is 12.0. The Bertz CT molecular complexity index is 421. The highest BCUT2D eigenvalue weighted by molar-refractivity contribution is 6.32. The van der Waals surface area contributed by atoms with Gasteiger partial charge in [-0.25, -0.2) is 0 Å². The van der Waals surface area contributed by atoms with Crippen LogP contribution in [0.3, 0.4) is 0 Å². The molecule has 0 fully saturated rings. The van der Waals surface area contributed by atoms with Gasteiger partial charge in [0.25, 0.3) is 0 Å². The van der Waals surface area contributed by atoms with E-state index in [9.17, 15) is 4.79 Å². The van der Waals surface area contributed by atoms with Gasteiger partial charge >= 0.3 is 0 Å². The number of ketones is 1. The van der Waals surface area contributed by atoms with Crippen LogP contribution in [0.4, 0.5) is 0 Å². The Labute approximate surface area is 94.8 Å². The number of allylic oxidation sites excluding steroid dienone is 2. The largest absolute Gasteiger partial charge is 0.294 e. The second-order valence-corrected chi connectivity index (χ2v) is 4.24. The molecule has 0 spiro atoms. The first-order valence-electron chi connectivity index (χ1n) is 5.16. The molecule has 0 radical (unpaired) electrons. The van der Waals surface area contributed by atoms with Crippen molar-refractivity contribution < 1.29 is 4.79 Å². The van der Waals surface area contributed by atoms with Gasteiger partial charge in [-0.15, -0.1) is 0 Å². The minimum Gasteiger partial charge on any atom is -0.294 e. The fourth-order valence-electron chi connectivity index (χ4n) is 2.05. The van der Waals surface area contributed by atoms with Gasteiger partial charge in [-0.1, -0.05) is 35.9 Å². The number of halogens is 1. The molecule has 2 rings (SSSR count). The summed E-state index contributed by atoms with van der Waals surface area (Å²) in [5, 5.41) is 0.726. The number of rotatable bonds is 2. The van der Waals surface area contributed by atoms with Crippen LogP contribution in [-0.2, 0) is 6.42 Å². The summed E-state index contributed by atoms with van der Waals surface area (Å²) in [5.41, 5.74) is 1.84. The number of fused-ring (bicyclic) bond motifs is 1. The van der Waals surface area contributed by atoms with E-state index in [0.29, 0.717) is 0 Å². The van der Waals surface area contributed by atoms with Crippen LogP contribution in [0.15, 0.2) is 30.4 Å². The Morgan fingerprint density at radius 1 is 1.53 bits per heavy atom. The zero-order chi connectivity index (χ0) is 10.8. The van der Waals surface area contributed by atoms with E-state index in [0.717, 1.165) is 29.0 Å². The van der Waals surface area contributed by atoms with Crippen molar-refractivity contribution in [2.45, 2.75) is 19.8 Å². The average Bonchev–Trinajstić information content (AvgIpc) is 2.55. The summed E-state index contributed by atoms with van der Waals surface area (Å²) in [6.07, 6.45) is 5.64. The molecule has 78 valence electrons. The van der Waals surface area contributed by atoms with Crippen LogP contribution in [0.1, 0.15) is 29.3 Å². The number of carbonyl (C=O) groups is 1. The number of carbonyl (C=O) groups excluding carboxylic acids is 1. The number of hydrogen-bond acceptors (Lipinski definition) is 1. The number of Topliss-reactive ketones (excluding diaryl/α,β-unsaturated/α-hetero) is 1. The molecular weight excluding hydrogens is 208 g/mol. The highest BCUT2D eigenvalue weighted by Gasteiger charge is 2.30. The standard InChI is InChI=1S/C13H13ClO/c1-2-3-5-9-8-11-10(13(9)15)6-4-7-12(11)14/h2-4,6-7,9H,5,8H2,1H3. The lowest BCUT2D eigenvalue weighted by molar-refractivity contribution is 0.0938. The monoisotopic (exact) mass is 220 g/mol. The molecule has 15 heavy (non-hydrogen) atoms. The molecule has 1 aliphatic carbocycles. The van der Waals surface area contributed by atoms with E-state index in [4.69, 9.17) is 11.6 Å². The third kappa shape index (κ3) is 1.84. The van der Waals surface area contributed by atoms with Crippen molar-refractivity contribution in [1.29, 1.82) is 0 Å². The predicted molar refractivity (Wildman–Crippen MR) is 62.4 cm³/mol. The topological polar surface area (TPSA) is 17.1 Å². The van der Waals surface area contributed by atoms with E-state index in [1.165, 1.54) is 0 Å². The smallest absolute Gasteiger partial charge is 0.166 e. The Morgan fingerprint density at radius 2 is 2.33 bits per heavy atom. The average molecular weight is 221 g/mol. The molecule has 0 aromatic heterocycles. The van der Waals surface area contributed by atoms with Gasteiger partial charge in [-0.3, -0.25) is 4.79 Å². The lowest BCUT2D eigenvalue weighted by atomic mass is 10.0. The van der Waals surface area contributed by atoms with Crippen molar-refractivity contribution in [3.63, 3.8) is 0 Å². The van der Waals surface area contributed by atoms with Crippen molar-refractivity contribution in [3.8, 4) is 0 Å². The van der Waals surface area contributed by atoms with Crippen LogP contribution in [-0.4, -0.2) is 5.78 Å². The maximum absolute atomic E-state index is 12.0. The second-order valence-electron chi connectivity index (χ2n) is 3.84. The molecule has 0 N–H and O–H groups in total. The summed E-state index contributed by atoms with van der Waals surface area (Å²) in [7, 11) is 0. The summed E-state index contributed by atoms with van der Waals surface area (Å²) >= 11 is 6.06. The van der Waals surface area contributed by atoms with Crippen molar-refractivity contribution >= 4 is 17.4 Å². The SMILES string of the molecule is CC=CCC1Cc2c(Cl)cccc2C1=O. The quantitative estimate of drug-likeness (QED) is 0.696. The van der Waals surface area contributed by atoms with Gasteiger partial charge in [-0.2, -0.15) is 0 Å². The molecule has 2 heteroatoms. The van der Waals surface area contributed by atoms with Gasteiger partial charge in [0.05, 0.1) is 0 Å². The van der Waals surface area contributed by atoms with Gasteiger partial charge in [-0.05, 0) is 31.4 Å². The van der Waals surface area contributed by atoms with E-state index in [1.54, 1.807) is 0 Å². The predicted octanol–water partition coefficient (Wildman–Crippen LogP) is 3.66. The lowest BCUT2D eigenvalue weighted by Gasteiger charge is -2.02. The van der Waals surface area contributed by atoms with Crippen LogP contribution in [0.2, 0.25) is 5.02 Å². The van der Waals surface area contributed by atoms with Crippen molar-refractivity contribution in [1.82, 2.24) is 0 Å². The van der Waals surface area contributed by atoms with E-state index in [-0.39, 0.29) is 11.7 Å². The first kappa shape index (κ1) is 10.4. The van der Waals surface area contributed by atoms with Gasteiger partial charge in [0, 0.05) is 16.5 Å². The van der Waals surface area contributed by atoms with Crippen LogP contribution < -0.4 is 0 Å². The highest BCUT2D eigenvalue weighted by Crippen LogP contribution is 2.33. The fraction of sp³-hybridized carbons (Fsp3) is 0.308. The third-order valence-electron chi connectivity index (χ3n) is 2.86. The molecule has 1 unspecified atom stereocenters. The zero-order valence-corrected chi connectivity index (χ0v) is 9.42. The van der Waals surface area contributed by atoms with E-state index in [1.807, 2.05) is 37.3 Å². The van der Waals surface area contributed by atoms with Crippen LogP contribution >= 0.6 is 11.6 Å². The molecule has 0 aliphatic heterocycles. The lowest BCUT2D eigenvalue weighted by Crippen LogP contribution is -2.07. The molecule has 1 atom stereocenters. The van der Waals surface area contributed by atoms with E-state index >= 15 is 0 Å². The van der Waals surface area contributed by atoms with Gasteiger partial charge in [0.2, 0.25) is 0 Å². The summed E-state index contributed by atoms with van der Waals surface area (Å²) in [4.78, 5) is 12.0. The summed E-state index contributed by atoms with van der Waals surface area (Å²) in [5.74, 6) is 0.335. The summed E-state index contributed by atoms with van der Waals surface area (Å²) < 4.78 is 0. The summed E-state index contributed by atoms with van der Waals surface area (Å²) in [6.45, 7) is 1.97. The first-order chi connectivity index (χ1) is 7.24. The molecule has 0 heterocycles.